The molecule has 0 radical (unpaired) electrons. The Bertz CT molecular complexity index is 332. The molecule has 2 atom stereocenters. The molecule has 3 aliphatic rings. The third-order valence-corrected chi connectivity index (χ3v) is 4.87. The SMILES string of the molecule is CC1(C)OCC2(CO1)C[C@@H]1CC(C#N)C[C@H]1C2. The predicted octanol–water partition coefficient (Wildman–Crippen LogP) is 2.72. The van der Waals surface area contributed by atoms with Crippen LogP contribution in [0.4, 0.5) is 0 Å². The van der Waals surface area contributed by atoms with Crippen LogP contribution in [-0.2, 0) is 9.47 Å². The van der Waals surface area contributed by atoms with Gasteiger partial charge in [0.15, 0.2) is 5.79 Å². The molecular formula is C14H21NO2. The molecular weight excluding hydrogens is 214 g/mol. The van der Waals surface area contributed by atoms with Crippen molar-refractivity contribution < 1.29 is 9.47 Å². The fourth-order valence-electron chi connectivity index (χ4n) is 3.99. The van der Waals surface area contributed by atoms with Crippen LogP contribution < -0.4 is 0 Å². The highest BCUT2D eigenvalue weighted by Gasteiger charge is 2.52. The summed E-state index contributed by atoms with van der Waals surface area (Å²) in [6.07, 6.45) is 4.61. The second-order valence-corrected chi connectivity index (χ2v) is 6.70. The van der Waals surface area contributed by atoms with Gasteiger partial charge in [0.2, 0.25) is 0 Å². The summed E-state index contributed by atoms with van der Waals surface area (Å²) < 4.78 is 11.7. The fraction of sp³-hybridized carbons (Fsp3) is 0.929. The maximum absolute atomic E-state index is 8.99. The van der Waals surface area contributed by atoms with Crippen molar-refractivity contribution in [2.45, 2.75) is 45.3 Å². The summed E-state index contributed by atoms with van der Waals surface area (Å²) in [7, 11) is 0. The quantitative estimate of drug-likeness (QED) is 0.648. The van der Waals surface area contributed by atoms with E-state index in [0.29, 0.717) is 5.92 Å². The molecule has 3 nitrogen and oxygen atoms in total. The average Bonchev–Trinajstić information content (AvgIpc) is 2.78. The molecule has 1 aliphatic heterocycles. The molecule has 3 heteroatoms. The molecule has 0 bridgehead atoms. The first-order chi connectivity index (χ1) is 8.02. The predicted molar refractivity (Wildman–Crippen MR) is 63.0 cm³/mol. The lowest BCUT2D eigenvalue weighted by atomic mass is 9.83. The highest BCUT2D eigenvalue weighted by molar-refractivity contribution is 5.04. The van der Waals surface area contributed by atoms with Crippen molar-refractivity contribution in [1.82, 2.24) is 0 Å². The highest BCUT2D eigenvalue weighted by Crippen LogP contribution is 2.56. The number of hydrogen-bond donors (Lipinski definition) is 0. The summed E-state index contributed by atoms with van der Waals surface area (Å²) in [5.74, 6) is 1.39. The van der Waals surface area contributed by atoms with Crippen LogP contribution in [-0.4, -0.2) is 19.0 Å². The largest absolute Gasteiger partial charge is 0.350 e. The number of rotatable bonds is 0. The van der Waals surface area contributed by atoms with Crippen molar-refractivity contribution in [2.75, 3.05) is 13.2 Å². The topological polar surface area (TPSA) is 42.2 Å². The second kappa shape index (κ2) is 3.70. The normalized spacial score (nSPS) is 39.1. The lowest BCUT2D eigenvalue weighted by Gasteiger charge is -2.42. The van der Waals surface area contributed by atoms with E-state index in [4.69, 9.17) is 14.7 Å². The van der Waals surface area contributed by atoms with E-state index >= 15 is 0 Å². The molecule has 0 amide bonds. The van der Waals surface area contributed by atoms with Crippen LogP contribution in [0.25, 0.3) is 0 Å². The van der Waals surface area contributed by atoms with Gasteiger partial charge in [-0.25, -0.2) is 0 Å². The van der Waals surface area contributed by atoms with Gasteiger partial charge < -0.3 is 9.47 Å². The molecule has 94 valence electrons. The lowest BCUT2D eigenvalue weighted by Crippen LogP contribution is -2.45. The molecule has 0 N–H and O–H groups in total. The third-order valence-electron chi connectivity index (χ3n) is 4.87. The van der Waals surface area contributed by atoms with E-state index in [2.05, 4.69) is 6.07 Å². The standard InChI is InChI=1S/C14H21NO2/c1-13(2)16-8-14(9-17-13)5-11-3-10(7-15)4-12(11)6-14/h10-12H,3-6,8-9H2,1-2H3/t11-,12-/m0/s1. The Morgan fingerprint density at radius 3 is 2.06 bits per heavy atom. The molecule has 0 aromatic heterocycles. The van der Waals surface area contributed by atoms with Crippen LogP contribution in [0.2, 0.25) is 0 Å². The monoisotopic (exact) mass is 235 g/mol. The first kappa shape index (κ1) is 11.5. The molecule has 0 unspecified atom stereocenters. The van der Waals surface area contributed by atoms with Gasteiger partial charge >= 0.3 is 0 Å². The van der Waals surface area contributed by atoms with Gasteiger partial charge in [-0.2, -0.15) is 5.26 Å². The van der Waals surface area contributed by atoms with Crippen LogP contribution in [0, 0.1) is 34.5 Å². The Balaban J connectivity index is 1.65. The van der Waals surface area contributed by atoms with Gasteiger partial charge in [-0.1, -0.05) is 0 Å². The lowest BCUT2D eigenvalue weighted by molar-refractivity contribution is -0.285. The summed E-state index contributed by atoms with van der Waals surface area (Å²) in [6.45, 7) is 5.65. The van der Waals surface area contributed by atoms with Crippen molar-refractivity contribution in [2.24, 2.45) is 23.2 Å². The minimum Gasteiger partial charge on any atom is -0.350 e. The minimum absolute atomic E-state index is 0.255. The number of nitriles is 1. The molecule has 0 aromatic rings. The minimum atomic E-state index is -0.405. The first-order valence-corrected chi connectivity index (χ1v) is 6.69. The molecule has 1 saturated heterocycles. The Labute approximate surface area is 103 Å². The summed E-state index contributed by atoms with van der Waals surface area (Å²) in [5.41, 5.74) is 0.255. The summed E-state index contributed by atoms with van der Waals surface area (Å²) >= 11 is 0. The van der Waals surface area contributed by atoms with Crippen molar-refractivity contribution in [1.29, 1.82) is 5.26 Å². The molecule has 3 fully saturated rings. The Morgan fingerprint density at radius 1 is 1.06 bits per heavy atom. The Kier molecular flexibility index (Phi) is 2.50. The van der Waals surface area contributed by atoms with Gasteiger partial charge in [0.05, 0.1) is 19.3 Å². The average molecular weight is 235 g/mol. The third kappa shape index (κ3) is 1.98. The van der Waals surface area contributed by atoms with Crippen molar-refractivity contribution in [3.8, 4) is 6.07 Å². The molecule has 2 aliphatic carbocycles. The van der Waals surface area contributed by atoms with Crippen LogP contribution >= 0.6 is 0 Å². The van der Waals surface area contributed by atoms with Crippen LogP contribution in [0.15, 0.2) is 0 Å². The van der Waals surface area contributed by atoms with E-state index in [-0.39, 0.29) is 5.41 Å². The second-order valence-electron chi connectivity index (χ2n) is 6.70. The maximum atomic E-state index is 8.99. The number of nitrogens with zero attached hydrogens (tertiary/aromatic N) is 1. The Hall–Kier alpha value is -0.590. The molecule has 1 heterocycles. The fourth-order valence-corrected chi connectivity index (χ4v) is 3.99. The van der Waals surface area contributed by atoms with Gasteiger partial charge in [0.1, 0.15) is 0 Å². The molecule has 2 saturated carbocycles. The van der Waals surface area contributed by atoms with Gasteiger partial charge in [0, 0.05) is 11.3 Å². The maximum Gasteiger partial charge on any atom is 0.162 e. The summed E-state index contributed by atoms with van der Waals surface area (Å²) in [6, 6.07) is 2.43. The smallest absolute Gasteiger partial charge is 0.162 e. The van der Waals surface area contributed by atoms with E-state index in [1.807, 2.05) is 13.8 Å². The molecule has 3 rings (SSSR count). The van der Waals surface area contributed by atoms with E-state index in [0.717, 1.165) is 37.9 Å². The van der Waals surface area contributed by atoms with E-state index in [9.17, 15) is 0 Å². The first-order valence-electron chi connectivity index (χ1n) is 6.69. The van der Waals surface area contributed by atoms with Crippen molar-refractivity contribution in [3.05, 3.63) is 0 Å². The number of fused-ring (bicyclic) bond motifs is 1. The summed E-state index contributed by atoms with van der Waals surface area (Å²) in [4.78, 5) is 0. The van der Waals surface area contributed by atoms with Crippen LogP contribution in [0.1, 0.15) is 39.5 Å². The van der Waals surface area contributed by atoms with Crippen molar-refractivity contribution in [3.63, 3.8) is 0 Å². The van der Waals surface area contributed by atoms with Crippen LogP contribution in [0.5, 0.6) is 0 Å². The zero-order chi connectivity index (χ0) is 12.1. The van der Waals surface area contributed by atoms with E-state index in [1.54, 1.807) is 0 Å². The highest BCUT2D eigenvalue weighted by atomic mass is 16.7. The van der Waals surface area contributed by atoms with Gasteiger partial charge in [0.25, 0.3) is 0 Å². The van der Waals surface area contributed by atoms with Gasteiger partial charge in [-0.3, -0.25) is 0 Å². The molecule has 17 heavy (non-hydrogen) atoms. The summed E-state index contributed by atoms with van der Waals surface area (Å²) in [5, 5.41) is 8.99. The Morgan fingerprint density at radius 2 is 1.59 bits per heavy atom. The van der Waals surface area contributed by atoms with E-state index in [1.165, 1.54) is 12.8 Å². The van der Waals surface area contributed by atoms with Crippen molar-refractivity contribution >= 4 is 0 Å². The zero-order valence-electron chi connectivity index (χ0n) is 10.7. The zero-order valence-corrected chi connectivity index (χ0v) is 10.7. The number of ether oxygens (including phenoxy) is 2. The van der Waals surface area contributed by atoms with Gasteiger partial charge in [-0.05, 0) is 51.4 Å². The van der Waals surface area contributed by atoms with Crippen LogP contribution in [0.3, 0.4) is 0 Å². The molecule has 1 spiro atoms. The van der Waals surface area contributed by atoms with Gasteiger partial charge in [-0.15, -0.1) is 0 Å². The van der Waals surface area contributed by atoms with E-state index < -0.39 is 5.79 Å². The molecule has 0 aromatic carbocycles. The number of hydrogen-bond acceptors (Lipinski definition) is 3.